The highest BCUT2D eigenvalue weighted by molar-refractivity contribution is 7.92. The number of carbonyl (C=O) groups excluding carboxylic acids is 1. The van der Waals surface area contributed by atoms with E-state index < -0.39 is 15.9 Å². The van der Waals surface area contributed by atoms with Gasteiger partial charge in [0.2, 0.25) is 5.91 Å². The minimum atomic E-state index is -3.96. The highest BCUT2D eigenvalue weighted by Gasteiger charge is 2.27. The predicted octanol–water partition coefficient (Wildman–Crippen LogP) is 4.25. The molecule has 0 fully saturated rings. The van der Waals surface area contributed by atoms with Gasteiger partial charge in [-0.05, 0) is 55.0 Å². The predicted molar refractivity (Wildman–Crippen MR) is 122 cm³/mol. The Bertz CT molecular complexity index is 1120. The number of sulfonamides is 1. The van der Waals surface area contributed by atoms with Gasteiger partial charge in [-0.25, -0.2) is 8.42 Å². The maximum atomic E-state index is 13.3. The Morgan fingerprint density at radius 1 is 0.968 bits per heavy atom. The van der Waals surface area contributed by atoms with Crippen LogP contribution in [-0.4, -0.2) is 27.5 Å². The Morgan fingerprint density at radius 3 is 2.26 bits per heavy atom. The van der Waals surface area contributed by atoms with Crippen molar-refractivity contribution in [2.24, 2.45) is 0 Å². The minimum absolute atomic E-state index is 0.0998. The van der Waals surface area contributed by atoms with E-state index in [1.54, 1.807) is 60.7 Å². The lowest BCUT2D eigenvalue weighted by Crippen LogP contribution is -2.40. The van der Waals surface area contributed by atoms with Gasteiger partial charge in [-0.3, -0.25) is 9.10 Å². The first-order valence-electron chi connectivity index (χ1n) is 9.72. The summed E-state index contributed by atoms with van der Waals surface area (Å²) in [5.41, 5.74) is 1.11. The molecule has 0 aliphatic carbocycles. The number of carbonyl (C=O) groups is 1. The van der Waals surface area contributed by atoms with Gasteiger partial charge >= 0.3 is 0 Å². The molecule has 8 heteroatoms. The Labute approximate surface area is 187 Å². The minimum Gasteiger partial charge on any atom is -0.494 e. The summed E-state index contributed by atoms with van der Waals surface area (Å²) < 4.78 is 33.1. The molecule has 0 aliphatic rings. The van der Waals surface area contributed by atoms with Crippen molar-refractivity contribution in [3.8, 4) is 5.75 Å². The van der Waals surface area contributed by atoms with Gasteiger partial charge in [-0.15, -0.1) is 0 Å². The quantitative estimate of drug-likeness (QED) is 0.520. The maximum Gasteiger partial charge on any atom is 0.264 e. The van der Waals surface area contributed by atoms with Gasteiger partial charge in [0.1, 0.15) is 12.3 Å². The molecule has 0 unspecified atom stereocenters. The second-order valence-corrected chi connectivity index (χ2v) is 8.89. The topological polar surface area (TPSA) is 75.7 Å². The SMILES string of the molecule is CCOc1ccc(N(CC(=O)NCc2ccccc2Cl)S(=O)(=O)c2ccccc2)cc1. The van der Waals surface area contributed by atoms with Crippen LogP contribution in [0.25, 0.3) is 0 Å². The van der Waals surface area contributed by atoms with Crippen LogP contribution >= 0.6 is 11.6 Å². The molecule has 3 rings (SSSR count). The molecule has 6 nitrogen and oxygen atoms in total. The Morgan fingerprint density at radius 2 is 1.61 bits per heavy atom. The van der Waals surface area contributed by atoms with Crippen molar-refractivity contribution in [1.82, 2.24) is 5.32 Å². The molecule has 162 valence electrons. The zero-order valence-electron chi connectivity index (χ0n) is 17.0. The van der Waals surface area contributed by atoms with Crippen LogP contribution in [0.1, 0.15) is 12.5 Å². The van der Waals surface area contributed by atoms with Gasteiger partial charge in [0, 0.05) is 11.6 Å². The van der Waals surface area contributed by atoms with Crippen LogP contribution in [0.5, 0.6) is 5.75 Å². The molecule has 3 aromatic carbocycles. The first kappa shape index (κ1) is 22.7. The van der Waals surface area contributed by atoms with Crippen LogP contribution in [0, 0.1) is 0 Å². The molecule has 0 aliphatic heterocycles. The van der Waals surface area contributed by atoms with E-state index in [2.05, 4.69) is 5.32 Å². The molecule has 1 N–H and O–H groups in total. The number of anilines is 1. The molecule has 31 heavy (non-hydrogen) atoms. The van der Waals surface area contributed by atoms with Crippen molar-refractivity contribution >= 4 is 33.2 Å². The zero-order valence-corrected chi connectivity index (χ0v) is 18.6. The first-order valence-corrected chi connectivity index (χ1v) is 11.5. The number of hydrogen-bond acceptors (Lipinski definition) is 4. The number of halogens is 1. The third-order valence-electron chi connectivity index (χ3n) is 4.49. The van der Waals surface area contributed by atoms with E-state index in [1.807, 2.05) is 13.0 Å². The van der Waals surface area contributed by atoms with Crippen LogP contribution in [0.2, 0.25) is 5.02 Å². The molecule has 0 atom stereocenters. The summed E-state index contributed by atoms with van der Waals surface area (Å²) in [6.45, 7) is 2.18. The first-order chi connectivity index (χ1) is 14.9. The molecule has 0 heterocycles. The smallest absolute Gasteiger partial charge is 0.264 e. The van der Waals surface area contributed by atoms with E-state index in [9.17, 15) is 13.2 Å². The second-order valence-electron chi connectivity index (χ2n) is 6.62. The molecular weight excluding hydrogens is 436 g/mol. The molecule has 0 radical (unpaired) electrons. The normalized spacial score (nSPS) is 11.0. The third kappa shape index (κ3) is 5.77. The lowest BCUT2D eigenvalue weighted by atomic mass is 10.2. The zero-order chi connectivity index (χ0) is 22.3. The molecule has 0 saturated heterocycles. The second kappa shape index (κ2) is 10.3. The highest BCUT2D eigenvalue weighted by Crippen LogP contribution is 2.26. The Kier molecular flexibility index (Phi) is 7.55. The van der Waals surface area contributed by atoms with Gasteiger partial charge in [-0.1, -0.05) is 48.0 Å². The average Bonchev–Trinajstić information content (AvgIpc) is 2.78. The third-order valence-corrected chi connectivity index (χ3v) is 6.64. The number of hydrogen-bond donors (Lipinski definition) is 1. The Balaban J connectivity index is 1.85. The van der Waals surface area contributed by atoms with Gasteiger partial charge in [0.25, 0.3) is 10.0 Å². The number of rotatable bonds is 9. The number of amides is 1. The van der Waals surface area contributed by atoms with Gasteiger partial charge < -0.3 is 10.1 Å². The van der Waals surface area contributed by atoms with Crippen molar-refractivity contribution in [1.29, 1.82) is 0 Å². The van der Waals surface area contributed by atoms with Crippen molar-refractivity contribution in [3.63, 3.8) is 0 Å². The lowest BCUT2D eigenvalue weighted by molar-refractivity contribution is -0.119. The molecule has 0 aromatic heterocycles. The van der Waals surface area contributed by atoms with Crippen LogP contribution in [0.15, 0.2) is 83.8 Å². The fourth-order valence-corrected chi connectivity index (χ4v) is 4.58. The average molecular weight is 459 g/mol. The van der Waals surface area contributed by atoms with Crippen LogP contribution in [0.4, 0.5) is 5.69 Å². The summed E-state index contributed by atoms with van der Waals surface area (Å²) in [7, 11) is -3.96. The molecule has 0 bridgehead atoms. The van der Waals surface area contributed by atoms with E-state index >= 15 is 0 Å². The van der Waals surface area contributed by atoms with E-state index in [0.717, 1.165) is 9.87 Å². The fourth-order valence-electron chi connectivity index (χ4n) is 2.93. The van der Waals surface area contributed by atoms with Crippen molar-refractivity contribution < 1.29 is 17.9 Å². The summed E-state index contributed by atoms with van der Waals surface area (Å²) in [6, 6.07) is 21.7. The Hall–Kier alpha value is -3.03. The summed E-state index contributed by atoms with van der Waals surface area (Å²) in [6.07, 6.45) is 0. The monoisotopic (exact) mass is 458 g/mol. The van der Waals surface area contributed by atoms with Crippen LogP contribution < -0.4 is 14.4 Å². The number of nitrogens with one attached hydrogen (secondary N) is 1. The largest absolute Gasteiger partial charge is 0.494 e. The van der Waals surface area contributed by atoms with E-state index in [4.69, 9.17) is 16.3 Å². The molecule has 0 spiro atoms. The number of nitrogens with zero attached hydrogens (tertiary/aromatic N) is 1. The fraction of sp³-hybridized carbons (Fsp3) is 0.174. The molecular formula is C23H23ClN2O4S. The number of benzene rings is 3. The summed E-state index contributed by atoms with van der Waals surface area (Å²) in [4.78, 5) is 12.8. The van der Waals surface area contributed by atoms with E-state index in [-0.39, 0.29) is 18.0 Å². The van der Waals surface area contributed by atoms with E-state index in [0.29, 0.717) is 23.1 Å². The van der Waals surface area contributed by atoms with Gasteiger partial charge in [0.15, 0.2) is 0 Å². The highest BCUT2D eigenvalue weighted by atomic mass is 35.5. The van der Waals surface area contributed by atoms with Crippen molar-refractivity contribution in [3.05, 3.63) is 89.4 Å². The van der Waals surface area contributed by atoms with Crippen LogP contribution in [0.3, 0.4) is 0 Å². The lowest BCUT2D eigenvalue weighted by Gasteiger charge is -2.24. The van der Waals surface area contributed by atoms with Crippen molar-refractivity contribution in [2.75, 3.05) is 17.5 Å². The van der Waals surface area contributed by atoms with Gasteiger partial charge in [0.05, 0.1) is 17.2 Å². The summed E-state index contributed by atoms with van der Waals surface area (Å²) in [5.74, 6) is 0.166. The standard InChI is InChI=1S/C23H23ClN2O4S/c1-2-30-20-14-12-19(13-15-20)26(31(28,29)21-9-4-3-5-10-21)17-23(27)25-16-18-8-6-7-11-22(18)24/h3-15H,2,16-17H2,1H3,(H,25,27). The maximum absolute atomic E-state index is 13.3. The number of ether oxygens (including phenoxy) is 1. The molecule has 0 saturated carbocycles. The van der Waals surface area contributed by atoms with E-state index in [1.165, 1.54) is 12.1 Å². The van der Waals surface area contributed by atoms with Crippen molar-refractivity contribution in [2.45, 2.75) is 18.4 Å². The van der Waals surface area contributed by atoms with Gasteiger partial charge in [-0.2, -0.15) is 0 Å². The molecule has 1 amide bonds. The summed E-state index contributed by atoms with van der Waals surface area (Å²) >= 11 is 6.13. The summed E-state index contributed by atoms with van der Waals surface area (Å²) in [5, 5.41) is 3.27. The van der Waals surface area contributed by atoms with Crippen LogP contribution in [-0.2, 0) is 21.4 Å². The molecule has 3 aromatic rings.